The molecule has 0 bridgehead atoms. The van der Waals surface area contributed by atoms with Crippen molar-refractivity contribution in [2.75, 3.05) is 11.9 Å². The molecule has 1 N–H and O–H groups in total. The van der Waals surface area contributed by atoms with Crippen LogP contribution in [-0.2, 0) is 0 Å². The van der Waals surface area contributed by atoms with E-state index in [4.69, 9.17) is 16.3 Å². The van der Waals surface area contributed by atoms with Gasteiger partial charge in [-0.2, -0.15) is 0 Å². The van der Waals surface area contributed by atoms with E-state index in [1.54, 1.807) is 36.8 Å². The van der Waals surface area contributed by atoms with Crippen LogP contribution < -0.4 is 15.6 Å². The van der Waals surface area contributed by atoms with Crippen LogP contribution in [0, 0.1) is 0 Å². The monoisotopic (exact) mass is 384 g/mol. The number of aromatic nitrogens is 3. The second kappa shape index (κ2) is 5.69. The summed E-state index contributed by atoms with van der Waals surface area (Å²) in [5.74, 6) is 0.693. The molecule has 0 spiro atoms. The standard InChI is InChI=1S/C18H13ClN4O2S/c1-9-7-25-12-6-20-17-13(14(12)22-9)15-16(26-17)18(24)23(8-21-15)11-4-2-10(19)3-5-11/h2-6,8-9,22H,7H2,1H3/t9-/m1/s1. The van der Waals surface area contributed by atoms with Crippen LogP contribution in [0.25, 0.3) is 26.1 Å². The number of hydrogen-bond acceptors (Lipinski definition) is 6. The average molecular weight is 385 g/mol. The van der Waals surface area contributed by atoms with E-state index in [0.717, 1.165) is 21.6 Å². The molecule has 0 amide bonds. The Labute approximate surface area is 157 Å². The summed E-state index contributed by atoms with van der Waals surface area (Å²) in [7, 11) is 0. The lowest BCUT2D eigenvalue weighted by Gasteiger charge is -2.24. The third-order valence-corrected chi connectivity index (χ3v) is 5.69. The highest BCUT2D eigenvalue weighted by Crippen LogP contribution is 2.41. The maximum absolute atomic E-state index is 13.0. The van der Waals surface area contributed by atoms with Crippen molar-refractivity contribution in [2.45, 2.75) is 13.0 Å². The number of nitrogens with one attached hydrogen (secondary N) is 1. The molecule has 6 nitrogen and oxygen atoms in total. The van der Waals surface area contributed by atoms with Gasteiger partial charge < -0.3 is 10.1 Å². The van der Waals surface area contributed by atoms with Crippen LogP contribution >= 0.6 is 22.9 Å². The van der Waals surface area contributed by atoms with E-state index in [2.05, 4.69) is 15.3 Å². The summed E-state index contributed by atoms with van der Waals surface area (Å²) in [4.78, 5) is 22.8. The molecule has 0 radical (unpaired) electrons. The van der Waals surface area contributed by atoms with E-state index >= 15 is 0 Å². The van der Waals surface area contributed by atoms with Gasteiger partial charge in [0, 0.05) is 5.02 Å². The molecule has 1 aliphatic rings. The third-order valence-electron chi connectivity index (χ3n) is 4.36. The number of anilines is 1. The molecule has 0 unspecified atom stereocenters. The van der Waals surface area contributed by atoms with E-state index in [-0.39, 0.29) is 11.6 Å². The molecule has 5 rings (SSSR count). The number of rotatable bonds is 1. The number of ether oxygens (including phenoxy) is 1. The van der Waals surface area contributed by atoms with Gasteiger partial charge in [-0.25, -0.2) is 9.97 Å². The summed E-state index contributed by atoms with van der Waals surface area (Å²) in [6.07, 6.45) is 3.25. The van der Waals surface area contributed by atoms with Crippen LogP contribution in [0.1, 0.15) is 6.92 Å². The lowest BCUT2D eigenvalue weighted by atomic mass is 10.2. The minimum Gasteiger partial charge on any atom is -0.488 e. The molecular weight excluding hydrogens is 372 g/mol. The van der Waals surface area contributed by atoms with Gasteiger partial charge in [-0.05, 0) is 31.2 Å². The first kappa shape index (κ1) is 15.6. The zero-order valence-electron chi connectivity index (χ0n) is 13.7. The largest absolute Gasteiger partial charge is 0.488 e. The predicted molar refractivity (Wildman–Crippen MR) is 104 cm³/mol. The summed E-state index contributed by atoms with van der Waals surface area (Å²) in [5.41, 5.74) is 2.10. The van der Waals surface area contributed by atoms with Crippen molar-refractivity contribution >= 4 is 49.1 Å². The fourth-order valence-electron chi connectivity index (χ4n) is 3.12. The Balaban J connectivity index is 1.79. The zero-order valence-corrected chi connectivity index (χ0v) is 15.3. The average Bonchev–Trinajstić information content (AvgIpc) is 3.03. The molecule has 130 valence electrons. The minimum atomic E-state index is -0.126. The SMILES string of the molecule is C[C@@H]1COc2cnc3sc4c(=O)n(-c5ccc(Cl)cc5)cnc4c3c2N1. The first-order chi connectivity index (χ1) is 12.6. The molecule has 1 atom stereocenters. The Morgan fingerprint density at radius 2 is 2.12 bits per heavy atom. The van der Waals surface area contributed by atoms with Crippen LogP contribution in [0.15, 0.2) is 41.6 Å². The highest BCUT2D eigenvalue weighted by atomic mass is 35.5. The Bertz CT molecular complexity index is 1220. The maximum Gasteiger partial charge on any atom is 0.275 e. The molecule has 0 fully saturated rings. The molecule has 0 saturated carbocycles. The number of nitrogens with zero attached hydrogens (tertiary/aromatic N) is 3. The lowest BCUT2D eigenvalue weighted by Crippen LogP contribution is -2.28. The maximum atomic E-state index is 13.0. The number of halogens is 1. The highest BCUT2D eigenvalue weighted by Gasteiger charge is 2.23. The Hall–Kier alpha value is -2.64. The highest BCUT2D eigenvalue weighted by molar-refractivity contribution is 7.25. The molecule has 1 aliphatic heterocycles. The quantitative estimate of drug-likeness (QED) is 0.540. The van der Waals surface area contributed by atoms with E-state index < -0.39 is 0 Å². The fourth-order valence-corrected chi connectivity index (χ4v) is 4.28. The van der Waals surface area contributed by atoms with Crippen molar-refractivity contribution in [1.29, 1.82) is 0 Å². The predicted octanol–water partition coefficient (Wildman–Crippen LogP) is 3.84. The normalized spacial score (nSPS) is 16.3. The number of benzene rings is 1. The molecule has 26 heavy (non-hydrogen) atoms. The number of thiophene rings is 1. The van der Waals surface area contributed by atoms with Crippen molar-refractivity contribution in [3.05, 3.63) is 52.2 Å². The van der Waals surface area contributed by atoms with Gasteiger partial charge in [-0.1, -0.05) is 11.6 Å². The molecule has 4 heterocycles. The second-order valence-electron chi connectivity index (χ2n) is 6.21. The van der Waals surface area contributed by atoms with Gasteiger partial charge in [-0.3, -0.25) is 9.36 Å². The van der Waals surface area contributed by atoms with Crippen LogP contribution in [0.2, 0.25) is 5.02 Å². The van der Waals surface area contributed by atoms with Crippen molar-refractivity contribution in [2.24, 2.45) is 0 Å². The smallest absolute Gasteiger partial charge is 0.275 e. The van der Waals surface area contributed by atoms with Crippen LogP contribution in [0.4, 0.5) is 5.69 Å². The molecule has 0 saturated heterocycles. The zero-order chi connectivity index (χ0) is 17.8. The summed E-state index contributed by atoms with van der Waals surface area (Å²) in [5, 5.41) is 4.89. The Morgan fingerprint density at radius 3 is 2.92 bits per heavy atom. The van der Waals surface area contributed by atoms with Gasteiger partial charge in [0.05, 0.1) is 29.0 Å². The summed E-state index contributed by atoms with van der Waals surface area (Å²) in [6, 6.07) is 7.26. The molecule has 3 aromatic heterocycles. The van der Waals surface area contributed by atoms with Crippen LogP contribution in [0.5, 0.6) is 5.75 Å². The van der Waals surface area contributed by atoms with Crippen molar-refractivity contribution < 1.29 is 4.74 Å². The number of pyridine rings is 1. The van der Waals surface area contributed by atoms with E-state index in [1.165, 1.54) is 15.9 Å². The molecular formula is C18H13ClN4O2S. The van der Waals surface area contributed by atoms with Gasteiger partial charge in [-0.15, -0.1) is 11.3 Å². The minimum absolute atomic E-state index is 0.126. The fraction of sp³-hybridized carbons (Fsp3) is 0.167. The second-order valence-corrected chi connectivity index (χ2v) is 7.65. The summed E-state index contributed by atoms with van der Waals surface area (Å²) < 4.78 is 7.84. The molecule has 8 heteroatoms. The Morgan fingerprint density at radius 1 is 1.31 bits per heavy atom. The molecule has 1 aromatic carbocycles. The molecule has 0 aliphatic carbocycles. The van der Waals surface area contributed by atoms with Crippen molar-refractivity contribution in [1.82, 2.24) is 14.5 Å². The van der Waals surface area contributed by atoms with Gasteiger partial charge in [0.2, 0.25) is 0 Å². The van der Waals surface area contributed by atoms with Gasteiger partial charge in [0.15, 0.2) is 5.75 Å². The molecule has 4 aromatic rings. The van der Waals surface area contributed by atoms with Crippen molar-refractivity contribution in [3.8, 4) is 11.4 Å². The third kappa shape index (κ3) is 2.28. The first-order valence-electron chi connectivity index (χ1n) is 8.10. The Kier molecular flexibility index (Phi) is 3.41. The van der Waals surface area contributed by atoms with E-state index in [1.807, 2.05) is 6.92 Å². The van der Waals surface area contributed by atoms with Crippen LogP contribution in [-0.4, -0.2) is 27.2 Å². The van der Waals surface area contributed by atoms with Gasteiger partial charge in [0.1, 0.15) is 28.0 Å². The number of fused-ring (bicyclic) bond motifs is 5. The van der Waals surface area contributed by atoms with E-state index in [9.17, 15) is 4.79 Å². The lowest BCUT2D eigenvalue weighted by molar-refractivity contribution is 0.291. The van der Waals surface area contributed by atoms with Crippen molar-refractivity contribution in [3.63, 3.8) is 0 Å². The topological polar surface area (TPSA) is 69.0 Å². The van der Waals surface area contributed by atoms with E-state index in [0.29, 0.717) is 27.6 Å². The summed E-state index contributed by atoms with van der Waals surface area (Å²) in [6.45, 7) is 2.63. The number of hydrogen-bond donors (Lipinski definition) is 1. The van der Waals surface area contributed by atoms with Gasteiger partial charge >= 0.3 is 0 Å². The summed E-state index contributed by atoms with van der Waals surface area (Å²) >= 11 is 7.28. The first-order valence-corrected chi connectivity index (χ1v) is 9.29. The van der Waals surface area contributed by atoms with Gasteiger partial charge in [0.25, 0.3) is 5.56 Å². The van der Waals surface area contributed by atoms with Crippen LogP contribution in [0.3, 0.4) is 0 Å².